The Morgan fingerprint density at radius 2 is 2.12 bits per heavy atom. The molecule has 1 aromatic carbocycles. The molecule has 2 aromatic heterocycles. The number of carboxylic acid groups (broad SMARTS) is 1. The van der Waals surface area contributed by atoms with E-state index in [1.165, 1.54) is 0 Å². The minimum absolute atomic E-state index is 0.0760. The van der Waals surface area contributed by atoms with E-state index < -0.39 is 5.97 Å². The zero-order chi connectivity index (χ0) is 16.7. The highest BCUT2D eigenvalue weighted by molar-refractivity contribution is 6.03. The Bertz CT molecular complexity index is 983. The van der Waals surface area contributed by atoms with Crippen LogP contribution in [-0.2, 0) is 6.42 Å². The maximum Gasteiger partial charge on any atom is 0.340 e. The fourth-order valence-electron chi connectivity index (χ4n) is 3.67. The molecule has 24 heavy (non-hydrogen) atoms. The molecule has 0 bridgehead atoms. The van der Waals surface area contributed by atoms with Crippen molar-refractivity contribution in [2.75, 3.05) is 0 Å². The van der Waals surface area contributed by atoms with Gasteiger partial charge in [-0.3, -0.25) is 0 Å². The second-order valence-corrected chi connectivity index (χ2v) is 6.04. The summed E-state index contributed by atoms with van der Waals surface area (Å²) in [6, 6.07) is 13.6. The Morgan fingerprint density at radius 1 is 1.33 bits per heavy atom. The molecule has 118 valence electrons. The van der Waals surface area contributed by atoms with E-state index in [2.05, 4.69) is 11.2 Å². The Morgan fingerprint density at radius 3 is 2.83 bits per heavy atom. The van der Waals surface area contributed by atoms with Gasteiger partial charge in [-0.1, -0.05) is 30.3 Å². The lowest BCUT2D eigenvalue weighted by molar-refractivity contribution is 0.0699. The van der Waals surface area contributed by atoms with Gasteiger partial charge in [-0.25, -0.2) is 9.31 Å². The van der Waals surface area contributed by atoms with Crippen molar-refractivity contribution >= 4 is 11.5 Å². The second kappa shape index (κ2) is 5.50. The van der Waals surface area contributed by atoms with Gasteiger partial charge in [-0.2, -0.15) is 10.4 Å². The van der Waals surface area contributed by atoms with E-state index in [0.29, 0.717) is 17.6 Å². The normalized spacial score (nSPS) is 16.0. The number of nitrogens with zero attached hydrogens (tertiary/aromatic N) is 3. The van der Waals surface area contributed by atoms with Crippen molar-refractivity contribution < 1.29 is 9.90 Å². The number of carboxylic acids is 1. The first kappa shape index (κ1) is 14.5. The van der Waals surface area contributed by atoms with E-state index in [0.717, 1.165) is 29.5 Å². The van der Waals surface area contributed by atoms with Crippen LogP contribution in [0, 0.1) is 11.3 Å². The molecule has 3 aromatic rings. The van der Waals surface area contributed by atoms with Crippen LogP contribution in [0.15, 0.2) is 42.6 Å². The van der Waals surface area contributed by atoms with Gasteiger partial charge in [0.1, 0.15) is 11.3 Å². The van der Waals surface area contributed by atoms with Crippen molar-refractivity contribution in [3.8, 4) is 17.3 Å². The lowest BCUT2D eigenvalue weighted by Crippen LogP contribution is -2.02. The summed E-state index contributed by atoms with van der Waals surface area (Å²) < 4.78 is 1.65. The van der Waals surface area contributed by atoms with Crippen molar-refractivity contribution in [1.82, 2.24) is 9.61 Å². The van der Waals surface area contributed by atoms with Gasteiger partial charge >= 0.3 is 5.97 Å². The summed E-state index contributed by atoms with van der Waals surface area (Å²) in [4.78, 5) is 12.0. The van der Waals surface area contributed by atoms with E-state index in [4.69, 9.17) is 5.26 Å². The minimum Gasteiger partial charge on any atom is -0.478 e. The van der Waals surface area contributed by atoms with Crippen LogP contribution in [0.5, 0.6) is 0 Å². The summed E-state index contributed by atoms with van der Waals surface area (Å²) in [5.41, 5.74) is 4.22. The molecule has 5 nitrogen and oxygen atoms in total. The number of carbonyl (C=O) groups is 1. The summed E-state index contributed by atoms with van der Waals surface area (Å²) in [5.74, 6) is -0.910. The third-order valence-corrected chi connectivity index (χ3v) is 4.70. The summed E-state index contributed by atoms with van der Waals surface area (Å²) in [6.07, 6.45) is 3.98. The summed E-state index contributed by atoms with van der Waals surface area (Å²) in [7, 11) is 0. The molecule has 1 aliphatic rings. The number of hydrogen-bond donors (Lipinski definition) is 1. The van der Waals surface area contributed by atoms with Crippen LogP contribution < -0.4 is 0 Å². The van der Waals surface area contributed by atoms with E-state index in [9.17, 15) is 9.90 Å². The highest BCUT2D eigenvalue weighted by atomic mass is 16.4. The molecule has 2 heterocycles. The van der Waals surface area contributed by atoms with Gasteiger partial charge in [0.2, 0.25) is 0 Å². The summed E-state index contributed by atoms with van der Waals surface area (Å²) in [6.45, 7) is 0. The van der Waals surface area contributed by atoms with Crippen LogP contribution >= 0.6 is 0 Å². The van der Waals surface area contributed by atoms with Crippen molar-refractivity contribution in [3.05, 3.63) is 59.3 Å². The van der Waals surface area contributed by atoms with Crippen LogP contribution in [0.1, 0.15) is 40.2 Å². The van der Waals surface area contributed by atoms with Gasteiger partial charge in [0.25, 0.3) is 0 Å². The Hall–Kier alpha value is -3.13. The average molecular weight is 317 g/mol. The zero-order valence-electron chi connectivity index (χ0n) is 12.9. The lowest BCUT2D eigenvalue weighted by atomic mass is 9.95. The van der Waals surface area contributed by atoms with Gasteiger partial charge in [-0.05, 0) is 36.0 Å². The van der Waals surface area contributed by atoms with Crippen molar-refractivity contribution in [2.24, 2.45) is 0 Å². The maximum absolute atomic E-state index is 12.0. The average Bonchev–Trinajstić information content (AvgIpc) is 3.17. The lowest BCUT2D eigenvalue weighted by Gasteiger charge is -2.09. The molecule has 0 saturated heterocycles. The van der Waals surface area contributed by atoms with Crippen molar-refractivity contribution in [3.63, 3.8) is 0 Å². The number of fused-ring (bicyclic) bond motifs is 3. The first-order valence-corrected chi connectivity index (χ1v) is 7.90. The van der Waals surface area contributed by atoms with E-state index in [1.54, 1.807) is 4.52 Å². The van der Waals surface area contributed by atoms with E-state index in [1.807, 2.05) is 42.6 Å². The molecule has 0 aliphatic heterocycles. The quantitative estimate of drug-likeness (QED) is 0.800. The molecular weight excluding hydrogens is 302 g/mol. The van der Waals surface area contributed by atoms with E-state index >= 15 is 0 Å². The van der Waals surface area contributed by atoms with Crippen LogP contribution in [0.2, 0.25) is 0 Å². The fraction of sp³-hybridized carbons (Fsp3) is 0.211. The number of aromatic nitrogens is 2. The fourth-order valence-corrected chi connectivity index (χ4v) is 3.67. The first-order valence-electron chi connectivity index (χ1n) is 7.90. The molecule has 1 N–H and O–H groups in total. The number of pyridine rings is 1. The smallest absolute Gasteiger partial charge is 0.340 e. The molecule has 0 radical (unpaired) electrons. The second-order valence-electron chi connectivity index (χ2n) is 6.04. The molecule has 1 aliphatic carbocycles. The predicted molar refractivity (Wildman–Crippen MR) is 88.9 cm³/mol. The van der Waals surface area contributed by atoms with Gasteiger partial charge in [0.15, 0.2) is 0 Å². The zero-order valence-corrected chi connectivity index (χ0v) is 12.9. The van der Waals surface area contributed by atoms with Gasteiger partial charge in [0.05, 0.1) is 11.6 Å². The first-order chi connectivity index (χ1) is 11.7. The predicted octanol–water partition coefficient (Wildman–Crippen LogP) is 3.64. The number of rotatable bonds is 3. The SMILES string of the molecule is N#CCC1CCc2ccn3nc(-c4ccccc4)c(C(=O)O)c3c21. The third kappa shape index (κ3) is 2.08. The van der Waals surface area contributed by atoms with Crippen LogP contribution in [0.25, 0.3) is 16.8 Å². The molecule has 0 spiro atoms. The van der Waals surface area contributed by atoms with Crippen LogP contribution in [0.3, 0.4) is 0 Å². The largest absolute Gasteiger partial charge is 0.478 e. The number of benzene rings is 1. The monoisotopic (exact) mass is 317 g/mol. The maximum atomic E-state index is 12.0. The Balaban J connectivity index is 2.05. The molecule has 0 amide bonds. The highest BCUT2D eigenvalue weighted by Gasteiger charge is 2.30. The van der Waals surface area contributed by atoms with E-state index in [-0.39, 0.29) is 11.5 Å². The molecule has 1 atom stereocenters. The molecule has 0 saturated carbocycles. The number of aryl methyl sites for hydroxylation is 1. The molecule has 5 heteroatoms. The standard InChI is InChI=1S/C19H15N3O2/c20-10-8-12-6-7-13-9-11-22-18(15(12)13)16(19(23)24)17(21-22)14-4-2-1-3-5-14/h1-5,9,11-12H,6-8H2,(H,23,24). The Labute approximate surface area is 138 Å². The van der Waals surface area contributed by atoms with Gasteiger partial charge in [-0.15, -0.1) is 0 Å². The molecular formula is C19H15N3O2. The molecule has 4 rings (SSSR count). The third-order valence-electron chi connectivity index (χ3n) is 4.70. The van der Waals surface area contributed by atoms with Crippen LogP contribution in [0.4, 0.5) is 0 Å². The van der Waals surface area contributed by atoms with Crippen molar-refractivity contribution in [2.45, 2.75) is 25.2 Å². The van der Waals surface area contributed by atoms with Crippen molar-refractivity contribution in [1.29, 1.82) is 5.26 Å². The topological polar surface area (TPSA) is 78.4 Å². The molecule has 1 unspecified atom stereocenters. The summed E-state index contributed by atoms with van der Waals surface area (Å²) >= 11 is 0. The minimum atomic E-state index is -0.986. The van der Waals surface area contributed by atoms with Gasteiger partial charge in [0, 0.05) is 18.2 Å². The Kier molecular flexibility index (Phi) is 3.31. The number of nitriles is 1. The van der Waals surface area contributed by atoms with Crippen LogP contribution in [-0.4, -0.2) is 20.7 Å². The molecule has 0 fully saturated rings. The summed E-state index contributed by atoms with van der Waals surface area (Å²) in [5, 5.41) is 23.5. The highest BCUT2D eigenvalue weighted by Crippen LogP contribution is 2.40. The number of aromatic carboxylic acids is 1. The van der Waals surface area contributed by atoms with Gasteiger partial charge < -0.3 is 5.11 Å². The number of hydrogen-bond acceptors (Lipinski definition) is 3.